The molecule has 0 spiro atoms. The van der Waals surface area contributed by atoms with E-state index in [4.69, 9.17) is 6.42 Å². The first kappa shape index (κ1) is 16.2. The first-order chi connectivity index (χ1) is 10.4. The normalized spacial score (nSPS) is 24.1. The highest BCUT2D eigenvalue weighted by atomic mass is 19.1. The lowest BCUT2D eigenvalue weighted by Crippen LogP contribution is -2.47. The van der Waals surface area contributed by atoms with E-state index in [2.05, 4.69) is 11.2 Å². The molecule has 0 saturated carbocycles. The van der Waals surface area contributed by atoms with E-state index < -0.39 is 11.5 Å². The molecule has 0 aliphatic carbocycles. The molecule has 1 saturated heterocycles. The van der Waals surface area contributed by atoms with Gasteiger partial charge in [-0.3, -0.25) is 9.59 Å². The third-order valence-corrected chi connectivity index (χ3v) is 4.56. The van der Waals surface area contributed by atoms with Crippen molar-refractivity contribution in [3.8, 4) is 12.3 Å². The van der Waals surface area contributed by atoms with Crippen molar-refractivity contribution in [3.05, 3.63) is 35.6 Å². The molecule has 0 radical (unpaired) electrons. The fraction of sp³-hybridized carbons (Fsp3) is 0.444. The molecule has 2 rings (SSSR count). The van der Waals surface area contributed by atoms with Gasteiger partial charge in [-0.05, 0) is 30.0 Å². The summed E-state index contributed by atoms with van der Waals surface area (Å²) in [5, 5.41) is 2.78. The number of nitrogens with one attached hydrogen (secondary N) is 1. The summed E-state index contributed by atoms with van der Waals surface area (Å²) in [4.78, 5) is 24.3. The minimum atomic E-state index is -0.582. The fourth-order valence-electron chi connectivity index (χ4n) is 3.25. The molecule has 1 aliphatic rings. The SMILES string of the molecule is C#CCC(=O)C1NC(=O)CC1(Cc1ccc(F)cc1)C(C)C. The minimum Gasteiger partial charge on any atom is -0.346 e. The lowest BCUT2D eigenvalue weighted by atomic mass is 9.66. The number of rotatable bonds is 5. The highest BCUT2D eigenvalue weighted by molar-refractivity contribution is 5.94. The van der Waals surface area contributed by atoms with Crippen LogP contribution in [0.5, 0.6) is 0 Å². The van der Waals surface area contributed by atoms with Gasteiger partial charge >= 0.3 is 0 Å². The van der Waals surface area contributed by atoms with Gasteiger partial charge in [0.15, 0.2) is 5.78 Å². The number of carbonyl (C=O) groups excluding carboxylic acids is 2. The van der Waals surface area contributed by atoms with Crippen LogP contribution in [0, 0.1) is 29.5 Å². The zero-order valence-electron chi connectivity index (χ0n) is 12.9. The number of terminal acetylenes is 1. The zero-order chi connectivity index (χ0) is 16.3. The van der Waals surface area contributed by atoms with Crippen molar-refractivity contribution in [1.29, 1.82) is 0 Å². The molecule has 1 N–H and O–H groups in total. The topological polar surface area (TPSA) is 46.2 Å². The summed E-state index contributed by atoms with van der Waals surface area (Å²) >= 11 is 0. The van der Waals surface area contributed by atoms with Crippen LogP contribution in [0.25, 0.3) is 0 Å². The number of carbonyl (C=O) groups is 2. The lowest BCUT2D eigenvalue weighted by Gasteiger charge is -2.37. The molecule has 0 bridgehead atoms. The van der Waals surface area contributed by atoms with Crippen LogP contribution in [0.3, 0.4) is 0 Å². The van der Waals surface area contributed by atoms with Crippen LogP contribution in [-0.4, -0.2) is 17.7 Å². The Morgan fingerprint density at radius 2 is 2.09 bits per heavy atom. The van der Waals surface area contributed by atoms with Crippen LogP contribution in [-0.2, 0) is 16.0 Å². The van der Waals surface area contributed by atoms with Crippen molar-refractivity contribution < 1.29 is 14.0 Å². The molecule has 1 aliphatic heterocycles. The maximum atomic E-state index is 13.1. The number of halogens is 1. The van der Waals surface area contributed by atoms with Crippen LogP contribution in [0.4, 0.5) is 4.39 Å². The van der Waals surface area contributed by atoms with E-state index in [1.165, 1.54) is 12.1 Å². The molecule has 3 nitrogen and oxygen atoms in total. The van der Waals surface area contributed by atoms with Crippen LogP contribution in [0.15, 0.2) is 24.3 Å². The molecule has 22 heavy (non-hydrogen) atoms. The van der Waals surface area contributed by atoms with Crippen LogP contribution in [0.1, 0.15) is 32.3 Å². The van der Waals surface area contributed by atoms with E-state index in [-0.39, 0.29) is 36.3 Å². The highest BCUT2D eigenvalue weighted by Gasteiger charge is 2.51. The van der Waals surface area contributed by atoms with E-state index in [0.29, 0.717) is 6.42 Å². The monoisotopic (exact) mass is 301 g/mol. The molecule has 4 heteroatoms. The van der Waals surface area contributed by atoms with Crippen LogP contribution in [0.2, 0.25) is 0 Å². The van der Waals surface area contributed by atoms with Gasteiger partial charge in [-0.25, -0.2) is 4.39 Å². The highest BCUT2D eigenvalue weighted by Crippen LogP contribution is 2.43. The third-order valence-electron chi connectivity index (χ3n) is 4.56. The number of ketones is 1. The maximum absolute atomic E-state index is 13.1. The molecule has 1 amide bonds. The molecule has 1 aromatic rings. The third kappa shape index (κ3) is 3.04. The smallest absolute Gasteiger partial charge is 0.221 e. The molecular weight excluding hydrogens is 281 g/mol. The van der Waals surface area contributed by atoms with Gasteiger partial charge < -0.3 is 5.32 Å². The second kappa shape index (κ2) is 6.31. The Labute approximate surface area is 130 Å². The van der Waals surface area contributed by atoms with E-state index in [0.717, 1.165) is 5.56 Å². The predicted molar refractivity (Wildman–Crippen MR) is 82.4 cm³/mol. The van der Waals surface area contributed by atoms with Gasteiger partial charge in [0, 0.05) is 11.8 Å². The Kier molecular flexibility index (Phi) is 4.65. The summed E-state index contributed by atoms with van der Waals surface area (Å²) in [5.41, 5.74) is 0.383. The van der Waals surface area contributed by atoms with Crippen molar-refractivity contribution in [2.45, 2.75) is 39.2 Å². The molecular formula is C18H20FNO2. The average Bonchev–Trinajstić information content (AvgIpc) is 2.80. The van der Waals surface area contributed by atoms with Gasteiger partial charge in [0.05, 0.1) is 12.5 Å². The Balaban J connectivity index is 2.37. The molecule has 1 aromatic carbocycles. The fourth-order valence-corrected chi connectivity index (χ4v) is 3.25. The van der Waals surface area contributed by atoms with Crippen molar-refractivity contribution in [1.82, 2.24) is 5.32 Å². The zero-order valence-corrected chi connectivity index (χ0v) is 12.9. The number of Topliss-reactive ketones (excluding diaryl/α,β-unsaturated/α-hetero) is 1. The Bertz CT molecular complexity index is 615. The molecule has 0 aromatic heterocycles. The van der Waals surface area contributed by atoms with Gasteiger partial charge in [-0.1, -0.05) is 31.9 Å². The second-order valence-corrected chi connectivity index (χ2v) is 6.22. The average molecular weight is 301 g/mol. The Morgan fingerprint density at radius 1 is 1.45 bits per heavy atom. The molecule has 116 valence electrons. The lowest BCUT2D eigenvalue weighted by molar-refractivity contribution is -0.124. The van der Waals surface area contributed by atoms with Crippen molar-refractivity contribution in [2.24, 2.45) is 11.3 Å². The summed E-state index contributed by atoms with van der Waals surface area (Å²) in [6, 6.07) is 5.61. The van der Waals surface area contributed by atoms with Crippen LogP contribution < -0.4 is 5.32 Å². The summed E-state index contributed by atoms with van der Waals surface area (Å²) in [5.74, 6) is 1.89. The first-order valence-electron chi connectivity index (χ1n) is 7.39. The molecule has 1 heterocycles. The number of amides is 1. The van der Waals surface area contributed by atoms with Gasteiger partial charge in [0.1, 0.15) is 5.82 Å². The van der Waals surface area contributed by atoms with E-state index in [1.54, 1.807) is 12.1 Å². The predicted octanol–water partition coefficient (Wildman–Crippen LogP) is 2.49. The van der Waals surface area contributed by atoms with Gasteiger partial charge in [0.2, 0.25) is 5.91 Å². The number of benzene rings is 1. The summed E-state index contributed by atoms with van der Waals surface area (Å²) in [6.45, 7) is 4.00. The largest absolute Gasteiger partial charge is 0.346 e. The van der Waals surface area contributed by atoms with Gasteiger partial charge in [-0.2, -0.15) is 0 Å². The van der Waals surface area contributed by atoms with E-state index >= 15 is 0 Å². The van der Waals surface area contributed by atoms with Gasteiger partial charge in [-0.15, -0.1) is 6.42 Å². The van der Waals surface area contributed by atoms with Crippen LogP contribution >= 0.6 is 0 Å². The second-order valence-electron chi connectivity index (χ2n) is 6.22. The Morgan fingerprint density at radius 3 is 2.64 bits per heavy atom. The molecule has 2 unspecified atom stereocenters. The van der Waals surface area contributed by atoms with Gasteiger partial charge in [0.25, 0.3) is 0 Å². The summed E-state index contributed by atoms with van der Waals surface area (Å²) < 4.78 is 13.1. The minimum absolute atomic E-state index is 0.00281. The van der Waals surface area contributed by atoms with Crippen molar-refractivity contribution >= 4 is 11.7 Å². The van der Waals surface area contributed by atoms with Crippen molar-refractivity contribution in [2.75, 3.05) is 0 Å². The standard InChI is InChI=1S/C18H20FNO2/c1-4-5-15(21)17-18(12(2)3,11-16(22)20-17)10-13-6-8-14(19)9-7-13/h1,6-9,12,17H,5,10-11H2,2-3H3,(H,20,22). The quantitative estimate of drug-likeness (QED) is 0.849. The molecule has 1 fully saturated rings. The number of hydrogen-bond donors (Lipinski definition) is 1. The summed E-state index contributed by atoms with van der Waals surface area (Å²) in [7, 11) is 0. The first-order valence-corrected chi connectivity index (χ1v) is 7.39. The van der Waals surface area contributed by atoms with E-state index in [1.807, 2.05) is 13.8 Å². The maximum Gasteiger partial charge on any atom is 0.221 e. The summed E-state index contributed by atoms with van der Waals surface area (Å²) in [6.07, 6.45) is 6.06. The van der Waals surface area contributed by atoms with Crippen molar-refractivity contribution in [3.63, 3.8) is 0 Å². The Hall–Kier alpha value is -2.15. The van der Waals surface area contributed by atoms with E-state index in [9.17, 15) is 14.0 Å². The molecule has 2 atom stereocenters. The number of hydrogen-bond acceptors (Lipinski definition) is 2.